The van der Waals surface area contributed by atoms with Gasteiger partial charge >= 0.3 is 0 Å². The Morgan fingerprint density at radius 2 is 2.11 bits per heavy atom. The number of pyridine rings is 1. The van der Waals surface area contributed by atoms with Crippen LogP contribution in [0.3, 0.4) is 0 Å². The van der Waals surface area contributed by atoms with Crippen molar-refractivity contribution in [2.75, 3.05) is 6.54 Å². The third-order valence-electron chi connectivity index (χ3n) is 2.48. The molecule has 5 heteroatoms. The van der Waals surface area contributed by atoms with Crippen molar-refractivity contribution in [2.45, 2.75) is 33.3 Å². The molecule has 0 bridgehead atoms. The summed E-state index contributed by atoms with van der Waals surface area (Å²) in [6.07, 6.45) is 0.0753. The first kappa shape index (κ1) is 14.4. The minimum atomic E-state index is -0.558. The molecule has 0 saturated carbocycles. The number of carbonyl (C=O) groups is 1. The van der Waals surface area contributed by atoms with Gasteiger partial charge in [-0.1, -0.05) is 13.8 Å². The van der Waals surface area contributed by atoms with E-state index >= 15 is 0 Å². The maximum atomic E-state index is 11.8. The predicted octanol–water partition coefficient (Wildman–Crippen LogP) is 0.820. The largest absolute Gasteiger partial charge is 0.391 e. The Morgan fingerprint density at radius 1 is 1.44 bits per heavy atom. The fourth-order valence-corrected chi connectivity index (χ4v) is 1.75. The molecule has 1 unspecified atom stereocenters. The Morgan fingerprint density at radius 3 is 2.67 bits per heavy atom. The lowest BCUT2D eigenvalue weighted by Crippen LogP contribution is -2.33. The van der Waals surface area contributed by atoms with Crippen molar-refractivity contribution in [1.29, 1.82) is 0 Å². The normalized spacial score (nSPS) is 12.5. The monoisotopic (exact) mass is 252 g/mol. The van der Waals surface area contributed by atoms with Gasteiger partial charge in [0.05, 0.1) is 6.10 Å². The fourth-order valence-electron chi connectivity index (χ4n) is 1.75. The third kappa shape index (κ3) is 4.71. The summed E-state index contributed by atoms with van der Waals surface area (Å²) in [5.74, 6) is 0.0331. The van der Waals surface area contributed by atoms with E-state index in [1.54, 1.807) is 13.0 Å². The molecular weight excluding hydrogens is 232 g/mol. The Kier molecular flexibility index (Phi) is 5.09. The Hall–Kier alpha value is -1.62. The van der Waals surface area contributed by atoms with Crippen LogP contribution >= 0.6 is 0 Å². The molecule has 1 rings (SSSR count). The maximum Gasteiger partial charge on any atom is 0.251 e. The van der Waals surface area contributed by atoms with Crippen LogP contribution in [0, 0.1) is 12.8 Å². The van der Waals surface area contributed by atoms with E-state index in [1.165, 1.54) is 6.07 Å². The van der Waals surface area contributed by atoms with Crippen LogP contribution in [0.15, 0.2) is 16.9 Å². The van der Waals surface area contributed by atoms with Crippen LogP contribution in [0.4, 0.5) is 0 Å². The minimum absolute atomic E-state index is 0.197. The van der Waals surface area contributed by atoms with Gasteiger partial charge in [0.2, 0.25) is 5.56 Å². The molecule has 3 N–H and O–H groups in total. The van der Waals surface area contributed by atoms with Crippen LogP contribution in [0.25, 0.3) is 0 Å². The summed E-state index contributed by atoms with van der Waals surface area (Å²) in [7, 11) is 0. The number of hydrogen-bond acceptors (Lipinski definition) is 3. The van der Waals surface area contributed by atoms with Crippen molar-refractivity contribution in [3.8, 4) is 0 Å². The SMILES string of the molecule is Cc1cc(C(=O)NCC(O)CC(C)C)cc(=O)[nH]1. The number of aromatic nitrogens is 1. The minimum Gasteiger partial charge on any atom is -0.391 e. The molecule has 0 aromatic carbocycles. The summed E-state index contributed by atoms with van der Waals surface area (Å²) in [4.78, 5) is 25.6. The molecule has 0 saturated heterocycles. The van der Waals surface area contributed by atoms with Crippen molar-refractivity contribution in [3.63, 3.8) is 0 Å². The number of aryl methyl sites for hydroxylation is 1. The number of aliphatic hydroxyl groups excluding tert-OH is 1. The molecule has 0 aliphatic rings. The van der Waals surface area contributed by atoms with Crippen molar-refractivity contribution in [3.05, 3.63) is 33.7 Å². The van der Waals surface area contributed by atoms with E-state index in [2.05, 4.69) is 10.3 Å². The highest BCUT2D eigenvalue weighted by molar-refractivity contribution is 5.94. The van der Waals surface area contributed by atoms with E-state index in [0.717, 1.165) is 0 Å². The summed E-state index contributed by atoms with van der Waals surface area (Å²) in [6, 6.07) is 2.85. The van der Waals surface area contributed by atoms with E-state index in [9.17, 15) is 14.7 Å². The Labute approximate surface area is 106 Å². The number of amides is 1. The standard InChI is InChI=1S/C13H20N2O3/c1-8(2)4-11(16)7-14-13(18)10-5-9(3)15-12(17)6-10/h5-6,8,11,16H,4,7H2,1-3H3,(H,14,18)(H,15,17). The first-order valence-corrected chi connectivity index (χ1v) is 6.05. The zero-order chi connectivity index (χ0) is 13.7. The molecule has 1 aromatic heterocycles. The molecule has 0 radical (unpaired) electrons. The number of rotatable bonds is 5. The van der Waals surface area contributed by atoms with E-state index in [0.29, 0.717) is 23.6 Å². The average molecular weight is 252 g/mol. The Balaban J connectivity index is 2.58. The molecule has 1 amide bonds. The first-order valence-electron chi connectivity index (χ1n) is 6.05. The van der Waals surface area contributed by atoms with Crippen LogP contribution in [0.2, 0.25) is 0 Å². The van der Waals surface area contributed by atoms with Gasteiger partial charge < -0.3 is 15.4 Å². The van der Waals surface area contributed by atoms with Gasteiger partial charge in [-0.3, -0.25) is 9.59 Å². The van der Waals surface area contributed by atoms with Crippen molar-refractivity contribution in [1.82, 2.24) is 10.3 Å². The number of hydrogen-bond donors (Lipinski definition) is 3. The van der Waals surface area contributed by atoms with Gasteiger partial charge in [-0.25, -0.2) is 0 Å². The van der Waals surface area contributed by atoms with Crippen LogP contribution in [-0.4, -0.2) is 28.6 Å². The predicted molar refractivity (Wildman–Crippen MR) is 69.6 cm³/mol. The molecule has 5 nitrogen and oxygen atoms in total. The molecule has 0 fully saturated rings. The van der Waals surface area contributed by atoms with Gasteiger partial charge in [0.1, 0.15) is 0 Å². The van der Waals surface area contributed by atoms with E-state index in [-0.39, 0.29) is 18.0 Å². The second kappa shape index (κ2) is 6.35. The van der Waals surface area contributed by atoms with Gasteiger partial charge in [-0.2, -0.15) is 0 Å². The van der Waals surface area contributed by atoms with E-state index < -0.39 is 6.10 Å². The van der Waals surface area contributed by atoms with Crippen LogP contribution in [-0.2, 0) is 0 Å². The lowest BCUT2D eigenvalue weighted by molar-refractivity contribution is 0.0900. The summed E-state index contributed by atoms with van der Waals surface area (Å²) < 4.78 is 0. The molecular formula is C13H20N2O3. The summed E-state index contributed by atoms with van der Waals surface area (Å²) >= 11 is 0. The average Bonchev–Trinajstić information content (AvgIpc) is 2.23. The summed E-state index contributed by atoms with van der Waals surface area (Å²) in [5, 5.41) is 12.3. The van der Waals surface area contributed by atoms with Crippen molar-refractivity contribution in [2.24, 2.45) is 5.92 Å². The van der Waals surface area contributed by atoms with Gasteiger partial charge in [-0.15, -0.1) is 0 Å². The molecule has 0 spiro atoms. The number of H-pyrrole nitrogens is 1. The van der Waals surface area contributed by atoms with Gasteiger partial charge in [-0.05, 0) is 25.3 Å². The van der Waals surface area contributed by atoms with E-state index in [4.69, 9.17) is 0 Å². The number of nitrogens with one attached hydrogen (secondary N) is 2. The molecule has 0 aliphatic carbocycles. The van der Waals surface area contributed by atoms with Crippen molar-refractivity contribution < 1.29 is 9.90 Å². The second-order valence-corrected chi connectivity index (χ2v) is 4.91. The van der Waals surface area contributed by atoms with Crippen LogP contribution in [0.5, 0.6) is 0 Å². The Bertz CT molecular complexity index is 466. The highest BCUT2D eigenvalue weighted by Gasteiger charge is 2.11. The number of aliphatic hydroxyl groups is 1. The zero-order valence-electron chi connectivity index (χ0n) is 11.0. The number of carbonyl (C=O) groups excluding carboxylic acids is 1. The highest BCUT2D eigenvalue weighted by Crippen LogP contribution is 2.04. The lowest BCUT2D eigenvalue weighted by Gasteiger charge is -2.13. The molecule has 100 valence electrons. The van der Waals surface area contributed by atoms with Crippen LogP contribution < -0.4 is 10.9 Å². The van der Waals surface area contributed by atoms with E-state index in [1.807, 2.05) is 13.8 Å². The van der Waals surface area contributed by atoms with Crippen LogP contribution in [0.1, 0.15) is 36.3 Å². The van der Waals surface area contributed by atoms with Crippen molar-refractivity contribution >= 4 is 5.91 Å². The first-order chi connectivity index (χ1) is 8.38. The summed E-state index contributed by atoms with van der Waals surface area (Å²) in [5.41, 5.74) is 0.645. The smallest absolute Gasteiger partial charge is 0.251 e. The summed E-state index contributed by atoms with van der Waals surface area (Å²) in [6.45, 7) is 5.92. The molecule has 1 aromatic rings. The van der Waals surface area contributed by atoms with Gasteiger partial charge in [0.15, 0.2) is 0 Å². The maximum absolute atomic E-state index is 11.8. The highest BCUT2D eigenvalue weighted by atomic mass is 16.3. The van der Waals surface area contributed by atoms with Gasteiger partial charge in [0, 0.05) is 23.9 Å². The fraction of sp³-hybridized carbons (Fsp3) is 0.538. The number of aromatic amines is 1. The van der Waals surface area contributed by atoms with Gasteiger partial charge in [0.25, 0.3) is 5.91 Å². The molecule has 0 aliphatic heterocycles. The molecule has 1 heterocycles. The topological polar surface area (TPSA) is 82.2 Å². The third-order valence-corrected chi connectivity index (χ3v) is 2.48. The molecule has 1 atom stereocenters. The zero-order valence-corrected chi connectivity index (χ0v) is 11.0. The second-order valence-electron chi connectivity index (χ2n) is 4.91. The lowest BCUT2D eigenvalue weighted by atomic mass is 10.1. The molecule has 18 heavy (non-hydrogen) atoms. The quantitative estimate of drug-likeness (QED) is 0.725.